The highest BCUT2D eigenvalue weighted by Crippen LogP contribution is 2.17. The molecule has 0 fully saturated rings. The maximum absolute atomic E-state index is 13.6. The van der Waals surface area contributed by atoms with E-state index in [-0.39, 0.29) is 31.0 Å². The molecule has 2 rings (SSSR count). The van der Waals surface area contributed by atoms with Crippen molar-refractivity contribution in [2.45, 2.75) is 51.9 Å². The lowest BCUT2D eigenvalue weighted by atomic mass is 10.0. The van der Waals surface area contributed by atoms with Crippen LogP contribution in [0.3, 0.4) is 0 Å². The molecule has 0 heterocycles. The van der Waals surface area contributed by atoms with E-state index in [4.69, 9.17) is 9.47 Å². The molecular formula is C23H26FNO6. The summed E-state index contributed by atoms with van der Waals surface area (Å²) in [6.45, 7) is 5.04. The van der Waals surface area contributed by atoms with Crippen molar-refractivity contribution >= 4 is 17.8 Å². The van der Waals surface area contributed by atoms with Crippen molar-refractivity contribution in [3.63, 3.8) is 0 Å². The molecule has 1 amide bonds. The Morgan fingerprint density at radius 3 is 2.29 bits per heavy atom. The smallest absolute Gasteiger partial charge is 0.408 e. The van der Waals surface area contributed by atoms with Gasteiger partial charge in [-0.05, 0) is 57.5 Å². The third kappa shape index (κ3) is 8.08. The number of hydrogen-bond acceptors (Lipinski definition) is 5. The lowest BCUT2D eigenvalue weighted by molar-refractivity contribution is -0.139. The monoisotopic (exact) mass is 431 g/mol. The Kier molecular flexibility index (Phi) is 8.13. The summed E-state index contributed by atoms with van der Waals surface area (Å²) in [5.41, 5.74) is 0.0264. The highest BCUT2D eigenvalue weighted by atomic mass is 19.1. The van der Waals surface area contributed by atoms with Crippen LogP contribution in [0.1, 0.15) is 49.5 Å². The van der Waals surface area contributed by atoms with Gasteiger partial charge in [-0.15, -0.1) is 0 Å². The highest BCUT2D eigenvalue weighted by Gasteiger charge is 2.24. The molecule has 0 aliphatic rings. The first kappa shape index (κ1) is 23.9. The van der Waals surface area contributed by atoms with E-state index in [0.29, 0.717) is 16.9 Å². The average Bonchev–Trinajstić information content (AvgIpc) is 2.69. The minimum atomic E-state index is -1.25. The molecule has 31 heavy (non-hydrogen) atoms. The van der Waals surface area contributed by atoms with Crippen LogP contribution in [0.15, 0.2) is 48.5 Å². The van der Waals surface area contributed by atoms with Crippen molar-refractivity contribution in [2.24, 2.45) is 0 Å². The summed E-state index contributed by atoms with van der Waals surface area (Å²) in [4.78, 5) is 35.6. The van der Waals surface area contributed by atoms with Crippen molar-refractivity contribution in [3.05, 3.63) is 65.5 Å². The number of ketones is 1. The zero-order valence-corrected chi connectivity index (χ0v) is 17.7. The van der Waals surface area contributed by atoms with Gasteiger partial charge in [0.05, 0.1) is 0 Å². The number of aliphatic carboxylic acids is 1. The topological polar surface area (TPSA) is 102 Å². The van der Waals surface area contributed by atoms with Gasteiger partial charge in [0.1, 0.15) is 29.8 Å². The zero-order chi connectivity index (χ0) is 23.0. The number of carbonyl (C=O) groups is 3. The first-order chi connectivity index (χ1) is 14.5. The molecule has 0 spiro atoms. The van der Waals surface area contributed by atoms with Crippen LogP contribution in [0, 0.1) is 5.82 Å². The number of nitrogens with one attached hydrogen (secondary N) is 1. The predicted molar refractivity (Wildman–Crippen MR) is 112 cm³/mol. The Morgan fingerprint density at radius 2 is 1.71 bits per heavy atom. The van der Waals surface area contributed by atoms with E-state index in [1.807, 2.05) is 0 Å². The van der Waals surface area contributed by atoms with E-state index in [1.165, 1.54) is 6.07 Å². The molecule has 8 heteroatoms. The number of carbonyl (C=O) groups excluding carboxylic acids is 2. The Balaban J connectivity index is 1.88. The molecule has 0 unspecified atom stereocenters. The van der Waals surface area contributed by atoms with Gasteiger partial charge in [-0.1, -0.05) is 18.2 Å². The first-order valence-corrected chi connectivity index (χ1v) is 9.77. The van der Waals surface area contributed by atoms with E-state index >= 15 is 0 Å². The highest BCUT2D eigenvalue weighted by molar-refractivity contribution is 5.96. The quantitative estimate of drug-likeness (QED) is 0.573. The van der Waals surface area contributed by atoms with Gasteiger partial charge in [0.2, 0.25) is 0 Å². The molecule has 0 radical (unpaired) electrons. The molecule has 0 saturated heterocycles. The van der Waals surface area contributed by atoms with Crippen molar-refractivity contribution in [2.75, 3.05) is 0 Å². The molecular weight excluding hydrogens is 405 g/mol. The lowest BCUT2D eigenvalue weighted by Gasteiger charge is -2.21. The zero-order valence-electron chi connectivity index (χ0n) is 17.7. The van der Waals surface area contributed by atoms with Crippen LogP contribution in [0.5, 0.6) is 5.75 Å². The fourth-order valence-electron chi connectivity index (χ4n) is 2.64. The van der Waals surface area contributed by atoms with E-state index < -0.39 is 23.7 Å². The molecule has 1 atom stereocenters. The number of ether oxygens (including phenoxy) is 2. The minimum absolute atomic E-state index is 0.0522. The second-order valence-corrected chi connectivity index (χ2v) is 7.90. The maximum atomic E-state index is 13.6. The normalized spacial score (nSPS) is 12.0. The Hall–Kier alpha value is -3.42. The molecule has 2 aromatic carbocycles. The van der Waals surface area contributed by atoms with Crippen molar-refractivity contribution in [1.29, 1.82) is 0 Å². The van der Waals surface area contributed by atoms with Gasteiger partial charge in [-0.2, -0.15) is 0 Å². The lowest BCUT2D eigenvalue weighted by Crippen LogP contribution is -2.43. The number of Topliss-reactive ketones (excluding diaryl/α,β-unsaturated/α-hetero) is 1. The Bertz CT molecular complexity index is 920. The van der Waals surface area contributed by atoms with Crippen LogP contribution >= 0.6 is 0 Å². The number of alkyl carbamates (subject to hydrolysis) is 1. The first-order valence-electron chi connectivity index (χ1n) is 9.77. The van der Waals surface area contributed by atoms with Crippen molar-refractivity contribution < 1.29 is 33.4 Å². The number of hydrogen-bond donors (Lipinski definition) is 2. The molecule has 0 saturated carbocycles. The Labute approximate surface area is 180 Å². The van der Waals surface area contributed by atoms with Gasteiger partial charge >= 0.3 is 12.1 Å². The third-order valence-electron chi connectivity index (χ3n) is 4.18. The van der Waals surface area contributed by atoms with Crippen LogP contribution in [0.4, 0.5) is 9.18 Å². The number of halogens is 1. The van der Waals surface area contributed by atoms with Crippen LogP contribution in [-0.2, 0) is 16.1 Å². The van der Waals surface area contributed by atoms with Gasteiger partial charge in [-0.3, -0.25) is 4.79 Å². The second-order valence-electron chi connectivity index (χ2n) is 7.90. The van der Waals surface area contributed by atoms with Gasteiger partial charge in [0.25, 0.3) is 0 Å². The summed E-state index contributed by atoms with van der Waals surface area (Å²) in [7, 11) is 0. The molecule has 2 N–H and O–H groups in total. The molecule has 166 valence electrons. The molecule has 0 bridgehead atoms. The van der Waals surface area contributed by atoms with Gasteiger partial charge in [-0.25, -0.2) is 14.0 Å². The van der Waals surface area contributed by atoms with Gasteiger partial charge < -0.3 is 19.9 Å². The van der Waals surface area contributed by atoms with E-state index in [0.717, 1.165) is 0 Å². The number of benzene rings is 2. The summed E-state index contributed by atoms with van der Waals surface area (Å²) < 4.78 is 24.2. The Morgan fingerprint density at radius 1 is 1.06 bits per heavy atom. The number of carboxylic acid groups (broad SMARTS) is 1. The number of rotatable bonds is 9. The molecule has 2 aromatic rings. The standard InChI is InChI=1S/C23H26FNO6/c1-23(2,3)31-22(29)25-19(21(27)28)12-13-20(26)15-8-10-17(11-9-15)30-14-16-6-4-5-7-18(16)24/h4-11,19H,12-14H2,1-3H3,(H,25,29)(H,27,28)/t19-/m0/s1. The summed E-state index contributed by atoms with van der Waals surface area (Å²) in [5.74, 6) is -1.43. The summed E-state index contributed by atoms with van der Waals surface area (Å²) in [6.07, 6.45) is -1.02. The maximum Gasteiger partial charge on any atom is 0.408 e. The van der Waals surface area contributed by atoms with E-state index in [2.05, 4.69) is 5.32 Å². The average molecular weight is 431 g/mol. The van der Waals surface area contributed by atoms with Gasteiger partial charge in [0.15, 0.2) is 5.78 Å². The summed E-state index contributed by atoms with van der Waals surface area (Å²) in [6, 6.07) is 11.3. The minimum Gasteiger partial charge on any atom is -0.489 e. The SMILES string of the molecule is CC(C)(C)OC(=O)N[C@@H](CCC(=O)c1ccc(OCc2ccccc2F)cc1)C(=O)O. The second kappa shape index (κ2) is 10.6. The fourth-order valence-corrected chi connectivity index (χ4v) is 2.64. The van der Waals surface area contributed by atoms with Crippen LogP contribution in [0.2, 0.25) is 0 Å². The molecule has 0 aliphatic carbocycles. The largest absolute Gasteiger partial charge is 0.489 e. The van der Waals surface area contributed by atoms with Crippen LogP contribution < -0.4 is 10.1 Å². The van der Waals surface area contributed by atoms with E-state index in [9.17, 15) is 23.9 Å². The third-order valence-corrected chi connectivity index (χ3v) is 4.18. The van der Waals surface area contributed by atoms with Crippen molar-refractivity contribution in [1.82, 2.24) is 5.32 Å². The van der Waals surface area contributed by atoms with Crippen LogP contribution in [0.25, 0.3) is 0 Å². The molecule has 7 nitrogen and oxygen atoms in total. The van der Waals surface area contributed by atoms with Crippen molar-refractivity contribution in [3.8, 4) is 5.75 Å². The summed E-state index contributed by atoms with van der Waals surface area (Å²) in [5, 5.41) is 11.6. The van der Waals surface area contributed by atoms with E-state index in [1.54, 1.807) is 63.2 Å². The fraction of sp³-hybridized carbons (Fsp3) is 0.348. The van der Waals surface area contributed by atoms with Gasteiger partial charge in [0, 0.05) is 17.5 Å². The number of carboxylic acids is 1. The molecule has 0 aromatic heterocycles. The van der Waals surface area contributed by atoms with Crippen LogP contribution in [-0.4, -0.2) is 34.6 Å². The number of amides is 1. The summed E-state index contributed by atoms with van der Waals surface area (Å²) >= 11 is 0. The predicted octanol–water partition coefficient (Wildman–Crippen LogP) is 4.35. The molecule has 0 aliphatic heterocycles.